The molecular weight excluding hydrogens is 263 g/mol. The van der Waals surface area contributed by atoms with E-state index in [1.54, 1.807) is 6.07 Å². The minimum atomic E-state index is -0.707. The number of phenols is 2. The summed E-state index contributed by atoms with van der Waals surface area (Å²) in [5, 5.41) is 19.2. The summed E-state index contributed by atoms with van der Waals surface area (Å²) in [6.07, 6.45) is 0. The highest BCUT2D eigenvalue weighted by Crippen LogP contribution is 2.50. The van der Waals surface area contributed by atoms with Crippen LogP contribution in [0.15, 0.2) is 30.3 Å². The summed E-state index contributed by atoms with van der Waals surface area (Å²) in [4.78, 5) is 0. The van der Waals surface area contributed by atoms with Gasteiger partial charge in [-0.05, 0) is 29.8 Å². The summed E-state index contributed by atoms with van der Waals surface area (Å²) >= 11 is 0. The topological polar surface area (TPSA) is 58.9 Å². The van der Waals surface area contributed by atoms with Crippen LogP contribution < -0.4 is 4.74 Å². The molecule has 2 heterocycles. The Bertz CT molecular complexity index is 722. The molecule has 0 atom stereocenters. The van der Waals surface area contributed by atoms with Crippen LogP contribution >= 0.6 is 0 Å². The molecule has 5 heteroatoms. The number of benzene rings is 2. The highest BCUT2D eigenvalue weighted by atomic mass is 19.1. The highest BCUT2D eigenvalue weighted by Gasteiger charge is 2.48. The molecule has 1 spiro atoms. The average Bonchev–Trinajstić information content (AvgIpc) is 2.37. The lowest BCUT2D eigenvalue weighted by atomic mass is 9.82. The van der Waals surface area contributed by atoms with Gasteiger partial charge in [-0.2, -0.15) is 0 Å². The molecule has 102 valence electrons. The molecule has 4 rings (SSSR count). The largest absolute Gasteiger partial charge is 0.508 e. The van der Waals surface area contributed by atoms with E-state index in [4.69, 9.17) is 9.47 Å². The number of phenolic OH excluding ortho intramolecular Hbond substituents is 2. The monoisotopic (exact) mass is 274 g/mol. The van der Waals surface area contributed by atoms with Gasteiger partial charge in [0, 0.05) is 17.2 Å². The Morgan fingerprint density at radius 1 is 1.05 bits per heavy atom. The Morgan fingerprint density at radius 2 is 1.85 bits per heavy atom. The molecule has 2 N–H and O–H groups in total. The van der Waals surface area contributed by atoms with Crippen LogP contribution in [0.2, 0.25) is 0 Å². The van der Waals surface area contributed by atoms with E-state index in [9.17, 15) is 14.6 Å². The van der Waals surface area contributed by atoms with E-state index in [-0.39, 0.29) is 5.75 Å². The van der Waals surface area contributed by atoms with Crippen molar-refractivity contribution < 1.29 is 24.1 Å². The first kappa shape index (κ1) is 11.5. The number of hydrogen-bond donors (Lipinski definition) is 2. The number of fused-ring (bicyclic) bond motifs is 4. The van der Waals surface area contributed by atoms with E-state index in [0.717, 1.165) is 0 Å². The lowest BCUT2D eigenvalue weighted by molar-refractivity contribution is -0.169. The first-order valence-electron chi connectivity index (χ1n) is 6.22. The van der Waals surface area contributed by atoms with Gasteiger partial charge in [0.15, 0.2) is 17.2 Å². The molecule has 0 amide bonds. The summed E-state index contributed by atoms with van der Waals surface area (Å²) in [6, 6.07) is 7.38. The molecule has 2 aromatic rings. The van der Waals surface area contributed by atoms with Crippen molar-refractivity contribution in [2.24, 2.45) is 0 Å². The summed E-state index contributed by atoms with van der Waals surface area (Å²) in [7, 11) is 0. The van der Waals surface area contributed by atoms with Crippen LogP contribution in [-0.4, -0.2) is 23.4 Å². The molecule has 0 bridgehead atoms. The van der Waals surface area contributed by atoms with Crippen molar-refractivity contribution in [3.8, 4) is 28.4 Å². The van der Waals surface area contributed by atoms with Gasteiger partial charge in [-0.15, -0.1) is 0 Å². The zero-order valence-corrected chi connectivity index (χ0v) is 10.4. The van der Waals surface area contributed by atoms with E-state index < -0.39 is 17.2 Å². The zero-order valence-electron chi connectivity index (χ0n) is 10.4. The lowest BCUT2D eigenvalue weighted by Crippen LogP contribution is -2.53. The Balaban J connectivity index is 2.02. The number of rotatable bonds is 0. The Hall–Kier alpha value is -2.27. The standard InChI is InChI=1S/C15H11FO4/c16-12-4-10-9-2-1-8(17)3-14(9)20-15(6-19-7-15)11(10)5-13(12)18/h1-5,17-18H,6-7H2. The van der Waals surface area contributed by atoms with Crippen molar-refractivity contribution in [3.63, 3.8) is 0 Å². The predicted octanol–water partition coefficient (Wildman–Crippen LogP) is 2.52. The van der Waals surface area contributed by atoms with Crippen LogP contribution in [0.4, 0.5) is 4.39 Å². The third kappa shape index (κ3) is 1.38. The van der Waals surface area contributed by atoms with Crippen molar-refractivity contribution in [1.29, 1.82) is 0 Å². The van der Waals surface area contributed by atoms with Gasteiger partial charge >= 0.3 is 0 Å². The maximum absolute atomic E-state index is 13.7. The number of hydrogen-bond acceptors (Lipinski definition) is 4. The molecule has 4 nitrogen and oxygen atoms in total. The van der Waals surface area contributed by atoms with Crippen molar-refractivity contribution in [2.75, 3.05) is 13.2 Å². The molecule has 0 aliphatic carbocycles. The third-order valence-electron chi connectivity index (χ3n) is 3.81. The zero-order chi connectivity index (χ0) is 13.9. The van der Waals surface area contributed by atoms with Gasteiger partial charge in [-0.3, -0.25) is 0 Å². The van der Waals surface area contributed by atoms with E-state index in [2.05, 4.69) is 0 Å². The predicted molar refractivity (Wildman–Crippen MR) is 68.3 cm³/mol. The molecule has 0 unspecified atom stereocenters. The van der Waals surface area contributed by atoms with Crippen LogP contribution in [0, 0.1) is 5.82 Å². The summed E-state index contributed by atoms with van der Waals surface area (Å²) in [5.41, 5.74) is 1.35. The second-order valence-corrected chi connectivity index (χ2v) is 5.12. The van der Waals surface area contributed by atoms with Crippen LogP contribution in [0.3, 0.4) is 0 Å². The molecule has 20 heavy (non-hydrogen) atoms. The van der Waals surface area contributed by atoms with Gasteiger partial charge < -0.3 is 19.7 Å². The number of halogens is 1. The number of aromatic hydroxyl groups is 2. The number of ether oxygens (including phenoxy) is 2. The minimum Gasteiger partial charge on any atom is -0.508 e. The summed E-state index contributed by atoms with van der Waals surface area (Å²) in [6.45, 7) is 0.667. The van der Waals surface area contributed by atoms with Crippen LogP contribution in [0.1, 0.15) is 5.56 Å². The van der Waals surface area contributed by atoms with Crippen molar-refractivity contribution in [2.45, 2.75) is 5.60 Å². The Labute approximate surface area is 114 Å². The minimum absolute atomic E-state index is 0.0850. The first-order chi connectivity index (χ1) is 9.59. The second kappa shape index (κ2) is 3.64. The molecule has 0 aromatic heterocycles. The Kier molecular flexibility index (Phi) is 2.10. The SMILES string of the molecule is Oc1ccc2c(c1)OC1(COC1)c1cc(O)c(F)cc1-2. The molecule has 0 radical (unpaired) electrons. The van der Waals surface area contributed by atoms with Gasteiger partial charge in [0.1, 0.15) is 11.5 Å². The molecule has 1 fully saturated rings. The molecule has 2 aromatic carbocycles. The van der Waals surface area contributed by atoms with Crippen LogP contribution in [0.25, 0.3) is 11.1 Å². The quantitative estimate of drug-likeness (QED) is 0.775. The van der Waals surface area contributed by atoms with Crippen molar-refractivity contribution in [3.05, 3.63) is 41.7 Å². The normalized spacial score (nSPS) is 17.9. The van der Waals surface area contributed by atoms with Gasteiger partial charge in [-0.25, -0.2) is 4.39 Å². The molecular formula is C15H11FO4. The van der Waals surface area contributed by atoms with Crippen LogP contribution in [-0.2, 0) is 10.3 Å². The fraction of sp³-hybridized carbons (Fsp3) is 0.200. The Morgan fingerprint density at radius 3 is 2.55 bits per heavy atom. The summed E-state index contributed by atoms with van der Waals surface area (Å²) in [5.74, 6) is -0.506. The smallest absolute Gasteiger partial charge is 0.181 e. The molecule has 2 aliphatic rings. The second-order valence-electron chi connectivity index (χ2n) is 5.12. The van der Waals surface area contributed by atoms with E-state index in [1.807, 2.05) is 0 Å². The lowest BCUT2D eigenvalue weighted by Gasteiger charge is -2.45. The van der Waals surface area contributed by atoms with Gasteiger partial charge in [0.2, 0.25) is 0 Å². The van der Waals surface area contributed by atoms with Gasteiger partial charge in [-0.1, -0.05) is 0 Å². The maximum atomic E-state index is 13.7. The van der Waals surface area contributed by atoms with E-state index in [1.165, 1.54) is 24.3 Å². The first-order valence-corrected chi connectivity index (χ1v) is 6.22. The third-order valence-corrected chi connectivity index (χ3v) is 3.81. The fourth-order valence-electron chi connectivity index (χ4n) is 2.75. The van der Waals surface area contributed by atoms with Gasteiger partial charge in [0.25, 0.3) is 0 Å². The van der Waals surface area contributed by atoms with Gasteiger partial charge in [0.05, 0.1) is 13.2 Å². The van der Waals surface area contributed by atoms with Crippen molar-refractivity contribution >= 4 is 0 Å². The van der Waals surface area contributed by atoms with E-state index >= 15 is 0 Å². The van der Waals surface area contributed by atoms with Crippen LogP contribution in [0.5, 0.6) is 17.2 Å². The fourth-order valence-corrected chi connectivity index (χ4v) is 2.75. The molecule has 0 saturated carbocycles. The van der Waals surface area contributed by atoms with Crippen molar-refractivity contribution in [1.82, 2.24) is 0 Å². The average molecular weight is 274 g/mol. The molecule has 1 saturated heterocycles. The van der Waals surface area contributed by atoms with E-state index in [0.29, 0.717) is 35.7 Å². The highest BCUT2D eigenvalue weighted by molar-refractivity contribution is 5.78. The molecule has 2 aliphatic heterocycles. The maximum Gasteiger partial charge on any atom is 0.181 e. The summed E-state index contributed by atoms with van der Waals surface area (Å²) < 4.78 is 24.8.